The highest BCUT2D eigenvalue weighted by Gasteiger charge is 2.21. The number of carbonyl (C=O) groups excluding carboxylic acids is 2. The van der Waals surface area contributed by atoms with Crippen molar-refractivity contribution in [3.63, 3.8) is 0 Å². The van der Waals surface area contributed by atoms with Crippen LogP contribution >= 0.6 is 0 Å². The zero-order valence-electron chi connectivity index (χ0n) is 18.5. The quantitative estimate of drug-likeness (QED) is 0.381. The summed E-state index contributed by atoms with van der Waals surface area (Å²) >= 11 is 0. The third kappa shape index (κ3) is 5.69. The Labute approximate surface area is 196 Å². The average Bonchev–Trinajstić information content (AvgIpc) is 3.38. The number of anilines is 2. The van der Waals surface area contributed by atoms with E-state index in [1.54, 1.807) is 54.5 Å². The van der Waals surface area contributed by atoms with Crippen molar-refractivity contribution in [1.29, 1.82) is 0 Å². The molecule has 0 aliphatic carbocycles. The highest BCUT2D eigenvalue weighted by Crippen LogP contribution is 2.23. The lowest BCUT2D eigenvalue weighted by atomic mass is 10.1. The number of ether oxygens (including phenoxy) is 1. The summed E-state index contributed by atoms with van der Waals surface area (Å²) in [6.45, 7) is 0.322. The van der Waals surface area contributed by atoms with Crippen LogP contribution in [0, 0.1) is 5.82 Å². The lowest BCUT2D eigenvalue weighted by Gasteiger charge is -2.22. The summed E-state index contributed by atoms with van der Waals surface area (Å²) in [7, 11) is 1.60. The van der Waals surface area contributed by atoms with Gasteiger partial charge in [-0.15, -0.1) is 0 Å². The molecule has 4 rings (SSSR count). The van der Waals surface area contributed by atoms with Crippen LogP contribution in [0.4, 0.5) is 15.8 Å². The molecule has 0 saturated heterocycles. The van der Waals surface area contributed by atoms with Gasteiger partial charge in [0.15, 0.2) is 5.76 Å². The fourth-order valence-electron chi connectivity index (χ4n) is 3.48. The maximum atomic E-state index is 13.3. The normalized spacial score (nSPS) is 10.5. The van der Waals surface area contributed by atoms with Crippen LogP contribution in [0.15, 0.2) is 95.6 Å². The second kappa shape index (κ2) is 10.5. The summed E-state index contributed by atoms with van der Waals surface area (Å²) in [5, 5.41) is 2.68. The molecule has 6 nitrogen and oxygen atoms in total. The minimum absolute atomic E-state index is 0.113. The molecule has 0 saturated carbocycles. The van der Waals surface area contributed by atoms with Gasteiger partial charge in [-0.3, -0.25) is 9.59 Å². The van der Waals surface area contributed by atoms with Crippen molar-refractivity contribution >= 4 is 23.2 Å². The Kier molecular flexibility index (Phi) is 7.03. The highest BCUT2D eigenvalue weighted by atomic mass is 19.1. The molecule has 4 aromatic rings. The molecule has 0 aliphatic heterocycles. The maximum Gasteiger partial charge on any atom is 0.294 e. The van der Waals surface area contributed by atoms with E-state index in [2.05, 4.69) is 5.32 Å². The molecule has 1 aromatic heterocycles. The first-order valence-electron chi connectivity index (χ1n) is 10.6. The number of methoxy groups -OCH3 is 1. The van der Waals surface area contributed by atoms with Gasteiger partial charge in [-0.1, -0.05) is 30.3 Å². The third-order valence-electron chi connectivity index (χ3n) is 5.20. The number of benzene rings is 3. The Morgan fingerprint density at radius 1 is 0.941 bits per heavy atom. The molecule has 34 heavy (non-hydrogen) atoms. The van der Waals surface area contributed by atoms with E-state index in [0.717, 1.165) is 16.9 Å². The fraction of sp³-hybridized carbons (Fsp3) is 0.111. The number of nitrogens with zero attached hydrogens (tertiary/aromatic N) is 1. The number of hydrogen-bond acceptors (Lipinski definition) is 4. The summed E-state index contributed by atoms with van der Waals surface area (Å²) in [6, 6.07) is 23.6. The molecule has 0 bridgehead atoms. The van der Waals surface area contributed by atoms with Crippen molar-refractivity contribution in [1.82, 2.24) is 0 Å². The molecule has 0 radical (unpaired) electrons. The summed E-state index contributed by atoms with van der Waals surface area (Å²) in [4.78, 5) is 27.1. The van der Waals surface area contributed by atoms with Crippen LogP contribution in [0.25, 0.3) is 0 Å². The predicted molar refractivity (Wildman–Crippen MR) is 127 cm³/mol. The zero-order chi connectivity index (χ0) is 23.9. The Bertz CT molecular complexity index is 1250. The average molecular weight is 458 g/mol. The molecule has 1 heterocycles. The van der Waals surface area contributed by atoms with Crippen LogP contribution in [0.1, 0.15) is 21.7 Å². The van der Waals surface area contributed by atoms with Crippen LogP contribution in [0.2, 0.25) is 0 Å². The van der Waals surface area contributed by atoms with Crippen molar-refractivity contribution in [3.8, 4) is 5.75 Å². The van der Waals surface area contributed by atoms with E-state index >= 15 is 0 Å². The Hall–Kier alpha value is -4.39. The lowest BCUT2D eigenvalue weighted by molar-refractivity contribution is -0.115. The van der Waals surface area contributed by atoms with Crippen LogP contribution in [0.3, 0.4) is 0 Å². The summed E-state index contributed by atoms with van der Waals surface area (Å²) in [5.74, 6) is -0.00145. The van der Waals surface area contributed by atoms with Gasteiger partial charge in [0.25, 0.3) is 5.91 Å². The van der Waals surface area contributed by atoms with Gasteiger partial charge < -0.3 is 19.4 Å². The van der Waals surface area contributed by atoms with Crippen LogP contribution in [0.5, 0.6) is 5.75 Å². The second-order valence-electron chi connectivity index (χ2n) is 7.62. The number of carbonyl (C=O) groups is 2. The lowest BCUT2D eigenvalue weighted by Crippen LogP contribution is -2.30. The topological polar surface area (TPSA) is 71.8 Å². The monoisotopic (exact) mass is 458 g/mol. The van der Waals surface area contributed by atoms with Crippen molar-refractivity contribution in [2.45, 2.75) is 13.0 Å². The minimum Gasteiger partial charge on any atom is -0.497 e. The van der Waals surface area contributed by atoms with Gasteiger partial charge in [0.2, 0.25) is 5.91 Å². The van der Waals surface area contributed by atoms with Crippen LogP contribution in [-0.2, 0) is 17.8 Å². The largest absolute Gasteiger partial charge is 0.497 e. The van der Waals surface area contributed by atoms with E-state index in [-0.39, 0.29) is 24.0 Å². The summed E-state index contributed by atoms with van der Waals surface area (Å²) in [5.41, 5.74) is 2.73. The van der Waals surface area contributed by atoms with Gasteiger partial charge in [-0.2, -0.15) is 0 Å². The molecular weight excluding hydrogens is 435 g/mol. The predicted octanol–water partition coefficient (Wildman–Crippen LogP) is 5.46. The second-order valence-corrected chi connectivity index (χ2v) is 7.62. The molecule has 0 fully saturated rings. The van der Waals surface area contributed by atoms with Crippen LogP contribution < -0.4 is 15.0 Å². The van der Waals surface area contributed by atoms with Crippen molar-refractivity contribution in [3.05, 3.63) is 114 Å². The molecule has 3 aromatic carbocycles. The maximum absolute atomic E-state index is 13.3. The Morgan fingerprint density at radius 3 is 2.32 bits per heavy atom. The molecule has 172 valence electrons. The molecular formula is C27H23FN2O4. The number of halogens is 1. The highest BCUT2D eigenvalue weighted by molar-refractivity contribution is 6.04. The molecule has 0 unspecified atom stereocenters. The number of amides is 2. The number of furan rings is 1. The van der Waals surface area contributed by atoms with Gasteiger partial charge in [0, 0.05) is 11.4 Å². The molecule has 0 spiro atoms. The molecule has 2 amide bonds. The van der Waals surface area contributed by atoms with Gasteiger partial charge >= 0.3 is 0 Å². The van der Waals surface area contributed by atoms with Crippen molar-refractivity contribution < 1.29 is 23.1 Å². The number of nitrogens with one attached hydrogen (secondary N) is 1. The summed E-state index contributed by atoms with van der Waals surface area (Å²) < 4.78 is 23.9. The van der Waals surface area contributed by atoms with Gasteiger partial charge in [-0.25, -0.2) is 4.39 Å². The zero-order valence-corrected chi connectivity index (χ0v) is 18.5. The first kappa shape index (κ1) is 22.8. The smallest absolute Gasteiger partial charge is 0.294 e. The molecule has 1 N–H and O–H groups in total. The third-order valence-corrected chi connectivity index (χ3v) is 5.20. The van der Waals surface area contributed by atoms with Gasteiger partial charge in [0.05, 0.1) is 26.3 Å². The summed E-state index contributed by atoms with van der Waals surface area (Å²) in [6.07, 6.45) is 1.57. The first-order valence-corrected chi connectivity index (χ1v) is 10.6. The van der Waals surface area contributed by atoms with E-state index in [0.29, 0.717) is 17.9 Å². The van der Waals surface area contributed by atoms with Gasteiger partial charge in [0.1, 0.15) is 11.6 Å². The first-order chi connectivity index (χ1) is 16.5. The Balaban J connectivity index is 1.50. The molecule has 7 heteroatoms. The van der Waals surface area contributed by atoms with Crippen molar-refractivity contribution in [2.24, 2.45) is 0 Å². The minimum atomic E-state index is -0.416. The van der Waals surface area contributed by atoms with E-state index in [1.165, 1.54) is 24.5 Å². The van der Waals surface area contributed by atoms with E-state index in [4.69, 9.17) is 9.15 Å². The fourth-order valence-corrected chi connectivity index (χ4v) is 3.48. The standard InChI is InChI=1S/C27H23FN2O4/c1-33-24-13-9-20(10-14-24)18-30(27(32)25-6-3-15-34-25)23-11-7-19(8-12-23)16-26(31)29-22-5-2-4-21(28)17-22/h2-15,17H,16,18H2,1H3,(H,29,31). The van der Waals surface area contributed by atoms with E-state index < -0.39 is 5.82 Å². The molecule has 0 aliphatic rings. The number of hydrogen-bond donors (Lipinski definition) is 1. The van der Waals surface area contributed by atoms with Crippen molar-refractivity contribution in [2.75, 3.05) is 17.3 Å². The van der Waals surface area contributed by atoms with E-state index in [1.807, 2.05) is 24.3 Å². The van der Waals surface area contributed by atoms with Gasteiger partial charge in [-0.05, 0) is 65.7 Å². The van der Waals surface area contributed by atoms with Crippen LogP contribution in [-0.4, -0.2) is 18.9 Å². The number of rotatable bonds is 8. The SMILES string of the molecule is COc1ccc(CN(C(=O)c2ccco2)c2ccc(CC(=O)Nc3cccc(F)c3)cc2)cc1. The Morgan fingerprint density at radius 2 is 1.68 bits per heavy atom. The molecule has 0 atom stereocenters. The van der Waals surface area contributed by atoms with E-state index in [9.17, 15) is 14.0 Å².